The van der Waals surface area contributed by atoms with Gasteiger partial charge in [0.05, 0.1) is 35.8 Å². The van der Waals surface area contributed by atoms with Crippen molar-refractivity contribution in [2.24, 2.45) is 0 Å². The minimum Gasteiger partial charge on any atom is -0.462 e. The van der Waals surface area contributed by atoms with E-state index in [9.17, 15) is 26.4 Å². The zero-order valence-corrected chi connectivity index (χ0v) is 18.9. The van der Waals surface area contributed by atoms with Gasteiger partial charge in [-0.2, -0.15) is 0 Å². The van der Waals surface area contributed by atoms with Gasteiger partial charge in [0.1, 0.15) is 0 Å². The van der Waals surface area contributed by atoms with Gasteiger partial charge in [0.15, 0.2) is 19.7 Å². The van der Waals surface area contributed by atoms with Crippen molar-refractivity contribution in [3.8, 4) is 0 Å². The second-order valence-corrected chi connectivity index (χ2v) is 11.4. The molecule has 0 amide bonds. The molecule has 0 aliphatic carbocycles. The minimum atomic E-state index is -3.22. The number of rotatable bonds is 10. The second kappa shape index (κ2) is 10.5. The van der Waals surface area contributed by atoms with Crippen LogP contribution in [0.25, 0.3) is 0 Å². The van der Waals surface area contributed by atoms with Crippen LogP contribution in [0.5, 0.6) is 0 Å². The molecule has 31 heavy (non-hydrogen) atoms. The van der Waals surface area contributed by atoms with Gasteiger partial charge in [-0.1, -0.05) is 24.3 Å². The van der Waals surface area contributed by atoms with Crippen LogP contribution in [0.3, 0.4) is 0 Å². The maximum absolute atomic E-state index is 12.1. The number of carbonyl (C=O) groups excluding carboxylic acids is 2. The van der Waals surface area contributed by atoms with Gasteiger partial charge in [0.25, 0.3) is 0 Å². The van der Waals surface area contributed by atoms with E-state index in [1.54, 1.807) is 24.3 Å². The minimum absolute atomic E-state index is 0.0105. The number of carbonyl (C=O) groups is 2. The van der Waals surface area contributed by atoms with Crippen LogP contribution < -0.4 is 0 Å². The van der Waals surface area contributed by atoms with Gasteiger partial charge < -0.3 is 9.47 Å². The van der Waals surface area contributed by atoms with Crippen molar-refractivity contribution in [2.75, 3.05) is 25.7 Å². The van der Waals surface area contributed by atoms with Gasteiger partial charge >= 0.3 is 11.9 Å². The molecule has 0 fully saturated rings. The third kappa shape index (κ3) is 9.31. The van der Waals surface area contributed by atoms with E-state index in [0.29, 0.717) is 11.1 Å². The molecule has 0 aliphatic heterocycles. The Bertz CT molecular complexity index is 1060. The monoisotopic (exact) mass is 468 g/mol. The molecule has 0 N–H and O–H groups in total. The Morgan fingerprint density at radius 3 is 1.45 bits per heavy atom. The van der Waals surface area contributed by atoms with E-state index in [4.69, 9.17) is 9.47 Å². The second-order valence-electron chi connectivity index (χ2n) is 7.17. The Kier molecular flexibility index (Phi) is 8.35. The summed E-state index contributed by atoms with van der Waals surface area (Å²) in [7, 11) is -6.43. The maximum atomic E-state index is 12.1. The van der Waals surface area contributed by atoms with Crippen molar-refractivity contribution in [3.63, 3.8) is 0 Å². The third-order valence-corrected chi connectivity index (χ3v) is 5.65. The molecule has 2 aromatic rings. The fourth-order valence-corrected chi connectivity index (χ4v) is 4.31. The van der Waals surface area contributed by atoms with Crippen molar-refractivity contribution in [1.29, 1.82) is 0 Å². The van der Waals surface area contributed by atoms with Crippen molar-refractivity contribution in [3.05, 3.63) is 70.8 Å². The van der Waals surface area contributed by atoms with Crippen LogP contribution >= 0.6 is 0 Å². The van der Waals surface area contributed by atoms with Crippen molar-refractivity contribution >= 4 is 31.6 Å². The molecule has 0 saturated carbocycles. The van der Waals surface area contributed by atoms with Gasteiger partial charge in [-0.05, 0) is 35.4 Å². The van der Waals surface area contributed by atoms with Gasteiger partial charge in [0, 0.05) is 18.9 Å². The molecule has 0 spiro atoms. The van der Waals surface area contributed by atoms with Crippen LogP contribution in [-0.4, -0.2) is 54.5 Å². The number of hydrogen-bond donors (Lipinski definition) is 0. The number of ether oxygens (including phenoxy) is 2. The van der Waals surface area contributed by atoms with Crippen LogP contribution in [0.2, 0.25) is 0 Å². The summed E-state index contributed by atoms with van der Waals surface area (Å²) >= 11 is 0. The zero-order valence-electron chi connectivity index (χ0n) is 17.2. The molecule has 0 aliphatic rings. The molecule has 8 nitrogen and oxygen atoms in total. The summed E-state index contributed by atoms with van der Waals surface area (Å²) in [4.78, 5) is 24.2. The van der Waals surface area contributed by atoms with Gasteiger partial charge in [-0.25, -0.2) is 26.4 Å². The van der Waals surface area contributed by atoms with Crippen LogP contribution in [-0.2, 0) is 40.7 Å². The van der Waals surface area contributed by atoms with E-state index in [2.05, 4.69) is 0 Å². The third-order valence-electron chi connectivity index (χ3n) is 3.94. The molecule has 0 radical (unpaired) electrons. The van der Waals surface area contributed by atoms with Crippen LogP contribution in [0.4, 0.5) is 0 Å². The first-order valence-electron chi connectivity index (χ1n) is 9.30. The highest BCUT2D eigenvalue weighted by molar-refractivity contribution is 7.90. The van der Waals surface area contributed by atoms with E-state index >= 15 is 0 Å². The zero-order chi connectivity index (χ0) is 23.1. The molecule has 0 atom stereocenters. The molecule has 0 aromatic heterocycles. The molecule has 0 unspecified atom stereocenters. The molecule has 0 heterocycles. The molecular formula is C21H24O8S2. The van der Waals surface area contributed by atoms with E-state index in [-0.39, 0.29) is 42.3 Å². The maximum Gasteiger partial charge on any atom is 0.338 e. The smallest absolute Gasteiger partial charge is 0.338 e. The van der Waals surface area contributed by atoms with Crippen molar-refractivity contribution in [1.82, 2.24) is 0 Å². The number of sulfone groups is 2. The summed E-state index contributed by atoms with van der Waals surface area (Å²) in [5.41, 5.74) is 1.45. The first-order chi connectivity index (χ1) is 14.4. The Labute approximate surface area is 182 Å². The SMILES string of the molecule is CS(=O)(=O)Cc1cccc(C(=O)OCCCOC(=O)c2cccc(CS(C)(=O)=O)c2)c1. The fraction of sp³-hybridized carbons (Fsp3) is 0.333. The van der Waals surface area contributed by atoms with Crippen LogP contribution in [0.15, 0.2) is 48.5 Å². The highest BCUT2D eigenvalue weighted by Gasteiger charge is 2.12. The standard InChI is InChI=1S/C21H24O8S2/c1-30(24,25)14-16-6-3-8-18(12-16)20(22)28-10-5-11-29-21(23)19-9-4-7-17(13-19)15-31(2,26)27/h3-4,6-9,12-13H,5,10-11,14-15H2,1-2H3. The average molecular weight is 469 g/mol. The average Bonchev–Trinajstić information content (AvgIpc) is 2.65. The van der Waals surface area contributed by atoms with E-state index < -0.39 is 31.6 Å². The van der Waals surface area contributed by atoms with Crippen molar-refractivity contribution in [2.45, 2.75) is 17.9 Å². The molecule has 168 valence electrons. The topological polar surface area (TPSA) is 121 Å². The molecular weight excluding hydrogens is 444 g/mol. The molecule has 2 aromatic carbocycles. The largest absolute Gasteiger partial charge is 0.462 e. The lowest BCUT2D eigenvalue weighted by atomic mass is 10.1. The number of esters is 2. The number of benzene rings is 2. The first-order valence-corrected chi connectivity index (χ1v) is 13.4. The lowest BCUT2D eigenvalue weighted by Crippen LogP contribution is -2.12. The summed E-state index contributed by atoms with van der Waals surface area (Å²) in [6, 6.07) is 12.4. The normalized spacial score (nSPS) is 11.7. The lowest BCUT2D eigenvalue weighted by molar-refractivity contribution is 0.0395. The molecule has 0 bridgehead atoms. The Morgan fingerprint density at radius 2 is 1.10 bits per heavy atom. The van der Waals surface area contributed by atoms with Gasteiger partial charge in [-0.15, -0.1) is 0 Å². The summed E-state index contributed by atoms with van der Waals surface area (Å²) in [5.74, 6) is -1.55. The van der Waals surface area contributed by atoms with E-state index in [1.165, 1.54) is 24.3 Å². The predicted molar refractivity (Wildman–Crippen MR) is 115 cm³/mol. The molecule has 2 rings (SSSR count). The first kappa shape index (κ1) is 24.5. The highest BCUT2D eigenvalue weighted by Crippen LogP contribution is 2.12. The molecule has 0 saturated heterocycles. The Hall–Kier alpha value is -2.72. The van der Waals surface area contributed by atoms with E-state index in [0.717, 1.165) is 12.5 Å². The summed E-state index contributed by atoms with van der Waals surface area (Å²) in [6.07, 6.45) is 2.49. The molecule has 10 heteroatoms. The number of hydrogen-bond acceptors (Lipinski definition) is 8. The van der Waals surface area contributed by atoms with Gasteiger partial charge in [-0.3, -0.25) is 0 Å². The lowest BCUT2D eigenvalue weighted by Gasteiger charge is -2.08. The van der Waals surface area contributed by atoms with Gasteiger partial charge in [0.2, 0.25) is 0 Å². The Balaban J connectivity index is 1.79. The Morgan fingerprint density at radius 1 is 0.710 bits per heavy atom. The fourth-order valence-electron chi connectivity index (χ4n) is 2.74. The predicted octanol–water partition coefficient (Wildman–Crippen LogP) is 2.18. The quantitative estimate of drug-likeness (QED) is 0.384. The highest BCUT2D eigenvalue weighted by atomic mass is 32.2. The van der Waals surface area contributed by atoms with E-state index in [1.807, 2.05) is 0 Å². The van der Waals surface area contributed by atoms with Crippen molar-refractivity contribution < 1.29 is 35.9 Å². The van der Waals surface area contributed by atoms with Crippen LogP contribution in [0.1, 0.15) is 38.3 Å². The summed E-state index contributed by atoms with van der Waals surface area (Å²) in [5, 5.41) is 0. The summed E-state index contributed by atoms with van der Waals surface area (Å²) in [6.45, 7) is 0.0209. The van der Waals surface area contributed by atoms with Crippen LogP contribution in [0, 0.1) is 0 Å². The summed E-state index contributed by atoms with van der Waals surface area (Å²) < 4.78 is 55.8.